The minimum atomic E-state index is -0.737. The maximum atomic E-state index is 9.74. The van der Waals surface area contributed by atoms with Gasteiger partial charge in [-0.2, -0.15) is 5.10 Å². The third-order valence-corrected chi connectivity index (χ3v) is 3.60. The van der Waals surface area contributed by atoms with Crippen molar-refractivity contribution in [3.8, 4) is 0 Å². The van der Waals surface area contributed by atoms with E-state index < -0.39 is 5.41 Å². The molecular formula is C14H17ClN2O2. The predicted molar refractivity (Wildman–Crippen MR) is 74.2 cm³/mol. The molecule has 0 saturated carbocycles. The first-order chi connectivity index (χ1) is 9.09. The summed E-state index contributed by atoms with van der Waals surface area (Å²) in [6.45, 7) is -0.302. The van der Waals surface area contributed by atoms with Crippen LogP contribution in [0.4, 0.5) is 0 Å². The summed E-state index contributed by atoms with van der Waals surface area (Å²) < 4.78 is 1.71. The van der Waals surface area contributed by atoms with Crippen LogP contribution in [0, 0.1) is 0 Å². The summed E-state index contributed by atoms with van der Waals surface area (Å²) in [5, 5.41) is 24.4. The zero-order valence-corrected chi connectivity index (χ0v) is 11.5. The van der Waals surface area contributed by atoms with E-state index in [0.717, 1.165) is 11.3 Å². The molecule has 0 radical (unpaired) electrons. The smallest absolute Gasteiger partial charge is 0.0635 e. The topological polar surface area (TPSA) is 58.3 Å². The number of aromatic nitrogens is 2. The van der Waals surface area contributed by atoms with Gasteiger partial charge in [-0.1, -0.05) is 23.7 Å². The zero-order valence-electron chi connectivity index (χ0n) is 10.8. The first-order valence-corrected chi connectivity index (χ1v) is 6.44. The summed E-state index contributed by atoms with van der Waals surface area (Å²) in [5.74, 6) is 0. The van der Waals surface area contributed by atoms with Crippen molar-refractivity contribution in [1.29, 1.82) is 0 Å². The van der Waals surface area contributed by atoms with Crippen molar-refractivity contribution >= 4 is 11.6 Å². The van der Waals surface area contributed by atoms with E-state index in [-0.39, 0.29) is 13.2 Å². The van der Waals surface area contributed by atoms with Gasteiger partial charge in [0.2, 0.25) is 0 Å². The number of aliphatic hydroxyl groups is 2. The first-order valence-electron chi connectivity index (χ1n) is 6.06. The second-order valence-corrected chi connectivity index (χ2v) is 5.20. The van der Waals surface area contributed by atoms with Crippen molar-refractivity contribution in [2.24, 2.45) is 7.05 Å². The molecule has 1 heterocycles. The summed E-state index contributed by atoms with van der Waals surface area (Å²) in [6.07, 6.45) is 2.32. The SMILES string of the molecule is Cn1ccc(CC(CO)(CO)c2ccc(Cl)cc2)n1. The van der Waals surface area contributed by atoms with Gasteiger partial charge in [-0.25, -0.2) is 0 Å². The lowest BCUT2D eigenvalue weighted by molar-refractivity contribution is 0.115. The molecule has 2 rings (SSSR count). The number of hydrogen-bond acceptors (Lipinski definition) is 3. The number of aryl methyl sites for hydroxylation is 1. The Kier molecular flexibility index (Phi) is 4.24. The second-order valence-electron chi connectivity index (χ2n) is 4.76. The molecule has 0 bridgehead atoms. The molecule has 19 heavy (non-hydrogen) atoms. The average Bonchev–Trinajstić information content (AvgIpc) is 2.82. The van der Waals surface area contributed by atoms with Gasteiger partial charge in [0.05, 0.1) is 18.9 Å². The van der Waals surface area contributed by atoms with E-state index in [4.69, 9.17) is 11.6 Å². The van der Waals surface area contributed by atoms with Crippen molar-refractivity contribution in [3.05, 3.63) is 52.8 Å². The van der Waals surface area contributed by atoms with Gasteiger partial charge in [0.15, 0.2) is 0 Å². The normalized spacial score (nSPS) is 11.8. The van der Waals surface area contributed by atoms with Crippen LogP contribution in [0.5, 0.6) is 0 Å². The van der Waals surface area contributed by atoms with Crippen LogP contribution in [-0.2, 0) is 18.9 Å². The molecular weight excluding hydrogens is 264 g/mol. The molecule has 1 aromatic heterocycles. The van der Waals surface area contributed by atoms with Gasteiger partial charge < -0.3 is 10.2 Å². The quantitative estimate of drug-likeness (QED) is 0.873. The Bertz CT molecular complexity index is 533. The van der Waals surface area contributed by atoms with Crippen LogP contribution in [0.3, 0.4) is 0 Å². The highest BCUT2D eigenvalue weighted by Gasteiger charge is 2.32. The lowest BCUT2D eigenvalue weighted by atomic mass is 9.78. The summed E-state index contributed by atoms with van der Waals surface area (Å²) in [4.78, 5) is 0. The first kappa shape index (κ1) is 14.1. The minimum Gasteiger partial charge on any atom is -0.395 e. The molecule has 0 aliphatic heterocycles. The molecule has 2 N–H and O–H groups in total. The monoisotopic (exact) mass is 280 g/mol. The molecule has 1 aromatic carbocycles. The average molecular weight is 281 g/mol. The Morgan fingerprint density at radius 3 is 2.26 bits per heavy atom. The molecule has 102 valence electrons. The standard InChI is InChI=1S/C14H17ClN2O2/c1-17-7-6-13(16-17)8-14(9-18,10-19)11-2-4-12(15)5-3-11/h2-7,18-19H,8-10H2,1H3. The lowest BCUT2D eigenvalue weighted by Crippen LogP contribution is -2.37. The summed E-state index contributed by atoms with van der Waals surface area (Å²) in [5.41, 5.74) is 0.951. The Labute approximate surface area is 117 Å². The van der Waals surface area contributed by atoms with Crippen LogP contribution in [0.1, 0.15) is 11.3 Å². The van der Waals surface area contributed by atoms with Gasteiger partial charge >= 0.3 is 0 Å². The van der Waals surface area contributed by atoms with Crippen LogP contribution in [0.2, 0.25) is 5.02 Å². The number of halogens is 1. The number of aliphatic hydroxyl groups excluding tert-OH is 2. The van der Waals surface area contributed by atoms with Crippen molar-refractivity contribution in [2.75, 3.05) is 13.2 Å². The highest BCUT2D eigenvalue weighted by atomic mass is 35.5. The molecule has 0 amide bonds. The lowest BCUT2D eigenvalue weighted by Gasteiger charge is -2.29. The number of rotatable bonds is 5. The van der Waals surface area contributed by atoms with Crippen LogP contribution >= 0.6 is 11.6 Å². The summed E-state index contributed by atoms with van der Waals surface area (Å²) in [7, 11) is 1.84. The van der Waals surface area contributed by atoms with Crippen molar-refractivity contribution in [3.63, 3.8) is 0 Å². The Balaban J connectivity index is 2.33. The fourth-order valence-electron chi connectivity index (χ4n) is 2.15. The number of nitrogens with zero attached hydrogens (tertiary/aromatic N) is 2. The largest absolute Gasteiger partial charge is 0.395 e. The second kappa shape index (κ2) is 5.74. The van der Waals surface area contributed by atoms with E-state index in [0.29, 0.717) is 11.4 Å². The van der Waals surface area contributed by atoms with Crippen molar-refractivity contribution < 1.29 is 10.2 Å². The van der Waals surface area contributed by atoms with E-state index in [1.54, 1.807) is 16.8 Å². The van der Waals surface area contributed by atoms with E-state index in [2.05, 4.69) is 5.10 Å². The van der Waals surface area contributed by atoms with Crippen LogP contribution in [0.15, 0.2) is 36.5 Å². The molecule has 0 fully saturated rings. The molecule has 0 unspecified atom stereocenters. The van der Waals surface area contributed by atoms with Gasteiger partial charge in [0, 0.05) is 30.1 Å². The van der Waals surface area contributed by atoms with E-state index in [9.17, 15) is 10.2 Å². The molecule has 0 atom stereocenters. The van der Waals surface area contributed by atoms with Gasteiger partial charge in [-0.05, 0) is 23.8 Å². The molecule has 4 nitrogen and oxygen atoms in total. The molecule has 2 aromatic rings. The maximum absolute atomic E-state index is 9.74. The van der Waals surface area contributed by atoms with Crippen LogP contribution < -0.4 is 0 Å². The highest BCUT2D eigenvalue weighted by molar-refractivity contribution is 6.30. The van der Waals surface area contributed by atoms with Crippen LogP contribution in [0.25, 0.3) is 0 Å². The minimum absolute atomic E-state index is 0.151. The zero-order chi connectivity index (χ0) is 13.9. The third-order valence-electron chi connectivity index (χ3n) is 3.35. The number of hydrogen-bond donors (Lipinski definition) is 2. The van der Waals surface area contributed by atoms with Crippen LogP contribution in [-0.4, -0.2) is 33.2 Å². The molecule has 0 aliphatic rings. The van der Waals surface area contributed by atoms with Gasteiger partial charge in [-0.15, -0.1) is 0 Å². The van der Waals surface area contributed by atoms with Gasteiger partial charge in [-0.3, -0.25) is 4.68 Å². The molecule has 0 aliphatic carbocycles. The van der Waals surface area contributed by atoms with Crippen molar-refractivity contribution in [2.45, 2.75) is 11.8 Å². The third kappa shape index (κ3) is 2.97. The van der Waals surface area contributed by atoms with Gasteiger partial charge in [0.1, 0.15) is 0 Å². The highest BCUT2D eigenvalue weighted by Crippen LogP contribution is 2.28. The molecule has 0 saturated heterocycles. The van der Waals surface area contributed by atoms with E-state index in [1.165, 1.54) is 0 Å². The van der Waals surface area contributed by atoms with Crippen molar-refractivity contribution in [1.82, 2.24) is 9.78 Å². The fraction of sp³-hybridized carbons (Fsp3) is 0.357. The van der Waals surface area contributed by atoms with E-state index in [1.807, 2.05) is 31.4 Å². The Hall–Kier alpha value is -1.36. The summed E-state index contributed by atoms with van der Waals surface area (Å²) in [6, 6.07) is 9.07. The molecule has 0 spiro atoms. The predicted octanol–water partition coefficient (Wildman–Crippen LogP) is 1.54. The Morgan fingerprint density at radius 1 is 1.16 bits per heavy atom. The summed E-state index contributed by atoms with van der Waals surface area (Å²) >= 11 is 5.87. The van der Waals surface area contributed by atoms with E-state index >= 15 is 0 Å². The van der Waals surface area contributed by atoms with Gasteiger partial charge in [0.25, 0.3) is 0 Å². The molecule has 5 heteroatoms. The Morgan fingerprint density at radius 2 is 1.79 bits per heavy atom. The maximum Gasteiger partial charge on any atom is 0.0635 e. The fourth-order valence-corrected chi connectivity index (χ4v) is 2.28. The number of benzene rings is 1.